The van der Waals surface area contributed by atoms with Crippen molar-refractivity contribution < 1.29 is 14.3 Å². The smallest absolute Gasteiger partial charge is 0.265 e. The van der Waals surface area contributed by atoms with Gasteiger partial charge in [0.15, 0.2) is 6.10 Å². The number of amides is 1. The van der Waals surface area contributed by atoms with Crippen molar-refractivity contribution in [3.63, 3.8) is 0 Å². The van der Waals surface area contributed by atoms with Gasteiger partial charge in [0.05, 0.1) is 5.69 Å². The summed E-state index contributed by atoms with van der Waals surface area (Å²) in [6.07, 6.45) is 0.0782. The van der Waals surface area contributed by atoms with Crippen LogP contribution < -0.4 is 15.4 Å². The van der Waals surface area contributed by atoms with Crippen LogP contribution in [0.1, 0.15) is 25.8 Å². The maximum Gasteiger partial charge on any atom is 0.265 e. The number of Topliss-reactive ketones (excluding diaryl/α,β-unsaturated/α-hetero) is 1. The second-order valence-corrected chi connectivity index (χ2v) is 4.71. The monoisotopic (exact) mass is 262 g/mol. The first-order chi connectivity index (χ1) is 9.06. The van der Waals surface area contributed by atoms with E-state index in [-0.39, 0.29) is 11.7 Å². The fourth-order valence-corrected chi connectivity index (χ4v) is 1.86. The molecule has 1 aromatic rings. The minimum Gasteiger partial charge on any atom is -0.479 e. The SMILES string of the molecule is CC(=O)CCNCc1ccc2c(c1)NC(=O)C(C)O2. The Kier molecular flexibility index (Phi) is 4.16. The summed E-state index contributed by atoms with van der Waals surface area (Å²) >= 11 is 0. The summed E-state index contributed by atoms with van der Waals surface area (Å²) < 4.78 is 5.48. The molecule has 1 aromatic carbocycles. The second kappa shape index (κ2) is 5.84. The third-order valence-electron chi connectivity index (χ3n) is 2.96. The van der Waals surface area contributed by atoms with Gasteiger partial charge in [-0.2, -0.15) is 0 Å². The molecule has 5 heteroatoms. The number of hydrogen-bond donors (Lipinski definition) is 2. The Morgan fingerprint density at radius 3 is 3.00 bits per heavy atom. The van der Waals surface area contributed by atoms with Crippen LogP contribution in [0.25, 0.3) is 0 Å². The predicted octanol–water partition coefficient (Wildman–Crippen LogP) is 1.47. The zero-order valence-corrected chi connectivity index (χ0v) is 11.2. The standard InChI is InChI=1S/C14H18N2O3/c1-9(17)5-6-15-8-11-3-4-13-12(7-11)16-14(18)10(2)19-13/h3-4,7,10,15H,5-6,8H2,1-2H3,(H,16,18). The molecular weight excluding hydrogens is 244 g/mol. The number of carbonyl (C=O) groups excluding carboxylic acids is 2. The summed E-state index contributed by atoms with van der Waals surface area (Å²) in [6.45, 7) is 4.61. The van der Waals surface area contributed by atoms with Crippen LogP contribution in [0.2, 0.25) is 0 Å². The summed E-state index contributed by atoms with van der Waals surface area (Å²) in [5.41, 5.74) is 1.75. The number of rotatable bonds is 5. The molecule has 0 radical (unpaired) electrons. The van der Waals surface area contributed by atoms with Crippen LogP contribution in [-0.4, -0.2) is 24.3 Å². The highest BCUT2D eigenvalue weighted by Crippen LogP contribution is 2.30. The number of nitrogens with one attached hydrogen (secondary N) is 2. The summed E-state index contributed by atoms with van der Waals surface area (Å²) in [5.74, 6) is 0.737. The Morgan fingerprint density at radius 1 is 1.47 bits per heavy atom. The van der Waals surface area contributed by atoms with Crippen molar-refractivity contribution in [3.05, 3.63) is 23.8 Å². The molecule has 2 N–H and O–H groups in total. The quantitative estimate of drug-likeness (QED) is 0.789. The van der Waals surface area contributed by atoms with E-state index in [0.29, 0.717) is 30.9 Å². The fraction of sp³-hybridized carbons (Fsp3) is 0.429. The fourth-order valence-electron chi connectivity index (χ4n) is 1.86. The van der Waals surface area contributed by atoms with Crippen molar-refractivity contribution in [1.82, 2.24) is 5.32 Å². The molecule has 102 valence electrons. The van der Waals surface area contributed by atoms with Gasteiger partial charge in [0, 0.05) is 19.5 Å². The molecule has 0 saturated heterocycles. The number of hydrogen-bond acceptors (Lipinski definition) is 4. The van der Waals surface area contributed by atoms with E-state index in [1.54, 1.807) is 13.8 Å². The van der Waals surface area contributed by atoms with Crippen molar-refractivity contribution in [3.8, 4) is 5.75 Å². The number of fused-ring (bicyclic) bond motifs is 1. The Balaban J connectivity index is 1.95. The predicted molar refractivity (Wildman–Crippen MR) is 72.2 cm³/mol. The van der Waals surface area contributed by atoms with Gasteiger partial charge in [-0.25, -0.2) is 0 Å². The minimum atomic E-state index is -0.452. The molecule has 0 spiro atoms. The van der Waals surface area contributed by atoms with E-state index in [2.05, 4.69) is 10.6 Å². The average molecular weight is 262 g/mol. The van der Waals surface area contributed by atoms with Crippen LogP contribution in [0.15, 0.2) is 18.2 Å². The van der Waals surface area contributed by atoms with Crippen LogP contribution in [0.5, 0.6) is 5.75 Å². The summed E-state index contributed by atoms with van der Waals surface area (Å²) in [4.78, 5) is 22.3. The third-order valence-corrected chi connectivity index (χ3v) is 2.96. The van der Waals surface area contributed by atoms with E-state index in [4.69, 9.17) is 4.74 Å². The highest BCUT2D eigenvalue weighted by Gasteiger charge is 2.23. The molecule has 1 amide bonds. The van der Waals surface area contributed by atoms with E-state index in [9.17, 15) is 9.59 Å². The zero-order valence-electron chi connectivity index (χ0n) is 11.2. The van der Waals surface area contributed by atoms with Gasteiger partial charge in [0.1, 0.15) is 11.5 Å². The van der Waals surface area contributed by atoms with Crippen LogP contribution in [0.4, 0.5) is 5.69 Å². The van der Waals surface area contributed by atoms with Gasteiger partial charge >= 0.3 is 0 Å². The van der Waals surface area contributed by atoms with Gasteiger partial charge in [-0.05, 0) is 31.5 Å². The Morgan fingerprint density at radius 2 is 2.26 bits per heavy atom. The minimum absolute atomic E-state index is 0.130. The number of anilines is 1. The van der Waals surface area contributed by atoms with Crippen LogP contribution >= 0.6 is 0 Å². The molecule has 1 atom stereocenters. The maximum absolute atomic E-state index is 11.5. The first-order valence-electron chi connectivity index (χ1n) is 6.37. The molecule has 0 saturated carbocycles. The Labute approximate surface area is 112 Å². The molecule has 0 aromatic heterocycles. The molecule has 1 aliphatic rings. The maximum atomic E-state index is 11.5. The molecule has 0 bridgehead atoms. The van der Waals surface area contributed by atoms with Gasteiger partial charge in [0.25, 0.3) is 5.91 Å². The van der Waals surface area contributed by atoms with E-state index in [1.807, 2.05) is 18.2 Å². The molecule has 2 rings (SSSR count). The van der Waals surface area contributed by atoms with Gasteiger partial charge < -0.3 is 15.4 Å². The Bertz CT molecular complexity index is 499. The van der Waals surface area contributed by atoms with Crippen LogP contribution in [-0.2, 0) is 16.1 Å². The van der Waals surface area contributed by atoms with Crippen molar-refractivity contribution in [1.29, 1.82) is 0 Å². The molecule has 1 aliphatic heterocycles. The lowest BCUT2D eigenvalue weighted by atomic mass is 10.1. The van der Waals surface area contributed by atoms with Gasteiger partial charge in [-0.15, -0.1) is 0 Å². The number of carbonyl (C=O) groups is 2. The lowest BCUT2D eigenvalue weighted by Gasteiger charge is -2.23. The van der Waals surface area contributed by atoms with E-state index < -0.39 is 6.10 Å². The molecule has 5 nitrogen and oxygen atoms in total. The lowest BCUT2D eigenvalue weighted by Crippen LogP contribution is -2.34. The average Bonchev–Trinajstić information content (AvgIpc) is 2.36. The molecule has 0 aliphatic carbocycles. The number of ketones is 1. The normalized spacial score (nSPS) is 17.4. The summed E-state index contributed by atoms with van der Waals surface area (Å²) in [7, 11) is 0. The van der Waals surface area contributed by atoms with Crippen molar-refractivity contribution in [2.24, 2.45) is 0 Å². The summed E-state index contributed by atoms with van der Waals surface area (Å²) in [5, 5.41) is 6.00. The summed E-state index contributed by atoms with van der Waals surface area (Å²) in [6, 6.07) is 5.69. The van der Waals surface area contributed by atoms with E-state index in [1.165, 1.54) is 0 Å². The largest absolute Gasteiger partial charge is 0.479 e. The van der Waals surface area contributed by atoms with Crippen LogP contribution in [0, 0.1) is 0 Å². The van der Waals surface area contributed by atoms with Crippen molar-refractivity contribution in [2.75, 3.05) is 11.9 Å². The van der Waals surface area contributed by atoms with E-state index in [0.717, 1.165) is 5.56 Å². The zero-order chi connectivity index (χ0) is 13.8. The molecule has 19 heavy (non-hydrogen) atoms. The second-order valence-electron chi connectivity index (χ2n) is 4.71. The number of benzene rings is 1. The molecule has 1 unspecified atom stereocenters. The van der Waals surface area contributed by atoms with Crippen LogP contribution in [0.3, 0.4) is 0 Å². The van der Waals surface area contributed by atoms with Gasteiger partial charge in [0.2, 0.25) is 0 Å². The highest BCUT2D eigenvalue weighted by molar-refractivity contribution is 5.97. The molecule has 1 heterocycles. The lowest BCUT2D eigenvalue weighted by molar-refractivity contribution is -0.122. The molecular formula is C14H18N2O3. The van der Waals surface area contributed by atoms with Crippen molar-refractivity contribution in [2.45, 2.75) is 32.9 Å². The highest BCUT2D eigenvalue weighted by atomic mass is 16.5. The topological polar surface area (TPSA) is 67.4 Å². The first kappa shape index (κ1) is 13.5. The van der Waals surface area contributed by atoms with Gasteiger partial charge in [-0.1, -0.05) is 6.07 Å². The van der Waals surface area contributed by atoms with Crippen molar-refractivity contribution >= 4 is 17.4 Å². The Hall–Kier alpha value is -1.88. The third kappa shape index (κ3) is 3.54. The number of ether oxygens (including phenoxy) is 1. The first-order valence-corrected chi connectivity index (χ1v) is 6.37. The molecule has 0 fully saturated rings. The van der Waals surface area contributed by atoms with E-state index >= 15 is 0 Å². The van der Waals surface area contributed by atoms with Gasteiger partial charge in [-0.3, -0.25) is 9.59 Å².